The third-order valence-corrected chi connectivity index (χ3v) is 5.85. The van der Waals surface area contributed by atoms with Gasteiger partial charge in [0.05, 0.1) is 26.9 Å². The number of sulfonamides is 1. The third kappa shape index (κ3) is 5.23. The van der Waals surface area contributed by atoms with E-state index in [0.717, 1.165) is 17.2 Å². The smallest absolute Gasteiger partial charge is 0.279 e. The fourth-order valence-corrected chi connectivity index (χ4v) is 3.98. The van der Waals surface area contributed by atoms with Crippen molar-refractivity contribution in [1.29, 1.82) is 0 Å². The summed E-state index contributed by atoms with van der Waals surface area (Å²) in [4.78, 5) is 14.8. The van der Waals surface area contributed by atoms with Crippen LogP contribution in [0.25, 0.3) is 0 Å². The first-order chi connectivity index (χ1) is 14.7. The van der Waals surface area contributed by atoms with Crippen LogP contribution in [0.15, 0.2) is 70.8 Å². The number of benzene rings is 2. The molecule has 1 heterocycles. The van der Waals surface area contributed by atoms with Gasteiger partial charge in [0, 0.05) is 12.3 Å². The standard InChI is InChI=1S/C21H21N5O4S/c1-14-7-9-18(15(2)12-14)25-31(29,30)17-8-10-20(21(13-17)26(27)28)24-23-16(3)19-6-4-5-11-22-19/h4-13,24-25H,1-3H3/b23-16+. The highest BCUT2D eigenvalue weighted by atomic mass is 32.2. The summed E-state index contributed by atoms with van der Waals surface area (Å²) < 4.78 is 28.1. The Bertz CT molecular complexity index is 1260. The zero-order chi connectivity index (χ0) is 22.6. The SMILES string of the molecule is C/C(=N\Nc1ccc(S(=O)(=O)Nc2ccc(C)cc2C)cc1[N+](=O)[O-])c1ccccn1. The molecule has 0 fully saturated rings. The second-order valence-electron chi connectivity index (χ2n) is 6.88. The summed E-state index contributed by atoms with van der Waals surface area (Å²) in [5.41, 5.74) is 5.54. The number of anilines is 2. The van der Waals surface area contributed by atoms with Crippen molar-refractivity contribution in [2.45, 2.75) is 25.7 Å². The maximum atomic E-state index is 12.8. The fraction of sp³-hybridized carbons (Fsp3) is 0.143. The average molecular weight is 439 g/mol. The Labute approximate surface area is 180 Å². The number of nitrogens with zero attached hydrogens (tertiary/aromatic N) is 3. The molecule has 0 amide bonds. The minimum absolute atomic E-state index is 0.0609. The van der Waals surface area contributed by atoms with E-state index < -0.39 is 20.6 Å². The number of hydrogen-bond donors (Lipinski definition) is 2. The highest BCUT2D eigenvalue weighted by molar-refractivity contribution is 7.92. The number of hydrazone groups is 1. The summed E-state index contributed by atoms with van der Waals surface area (Å²) in [5, 5.41) is 15.7. The topological polar surface area (TPSA) is 127 Å². The van der Waals surface area contributed by atoms with Gasteiger partial charge in [-0.05, 0) is 56.7 Å². The van der Waals surface area contributed by atoms with Crippen molar-refractivity contribution in [2.24, 2.45) is 5.10 Å². The first-order valence-electron chi connectivity index (χ1n) is 9.27. The number of nitro groups is 1. The van der Waals surface area contributed by atoms with Gasteiger partial charge in [-0.15, -0.1) is 0 Å². The van der Waals surface area contributed by atoms with E-state index in [0.29, 0.717) is 17.1 Å². The Kier molecular flexibility index (Phi) is 6.30. The average Bonchev–Trinajstić information content (AvgIpc) is 2.74. The van der Waals surface area contributed by atoms with Crippen LogP contribution in [0, 0.1) is 24.0 Å². The molecule has 0 spiro atoms. The molecule has 160 valence electrons. The molecule has 0 saturated carbocycles. The Hall–Kier alpha value is -3.79. The molecule has 0 atom stereocenters. The summed E-state index contributed by atoms with van der Waals surface area (Å²) in [5.74, 6) is 0. The Balaban J connectivity index is 1.90. The van der Waals surface area contributed by atoms with Gasteiger partial charge in [-0.25, -0.2) is 8.42 Å². The zero-order valence-electron chi connectivity index (χ0n) is 17.2. The molecule has 0 unspecified atom stereocenters. The third-order valence-electron chi connectivity index (χ3n) is 4.48. The highest BCUT2D eigenvalue weighted by Gasteiger charge is 2.22. The van der Waals surface area contributed by atoms with Crippen LogP contribution in [0.1, 0.15) is 23.7 Å². The van der Waals surface area contributed by atoms with E-state index in [2.05, 4.69) is 20.2 Å². The number of aryl methyl sites for hydroxylation is 2. The number of aromatic nitrogens is 1. The van der Waals surface area contributed by atoms with Crippen molar-refractivity contribution < 1.29 is 13.3 Å². The van der Waals surface area contributed by atoms with Crippen LogP contribution in [-0.2, 0) is 10.0 Å². The van der Waals surface area contributed by atoms with E-state index in [1.807, 2.05) is 13.0 Å². The van der Waals surface area contributed by atoms with E-state index in [-0.39, 0.29) is 10.6 Å². The molecule has 0 radical (unpaired) electrons. The lowest BCUT2D eigenvalue weighted by molar-refractivity contribution is -0.384. The van der Waals surface area contributed by atoms with Gasteiger partial charge in [0.15, 0.2) is 0 Å². The largest absolute Gasteiger partial charge is 0.295 e. The molecule has 0 saturated heterocycles. The van der Waals surface area contributed by atoms with Crippen molar-refractivity contribution in [3.8, 4) is 0 Å². The maximum absolute atomic E-state index is 12.8. The van der Waals surface area contributed by atoms with Crippen molar-refractivity contribution >= 4 is 32.8 Å². The molecule has 9 nitrogen and oxygen atoms in total. The molecule has 2 aromatic carbocycles. The molecule has 10 heteroatoms. The van der Waals surface area contributed by atoms with Crippen LogP contribution in [-0.4, -0.2) is 24.0 Å². The van der Waals surface area contributed by atoms with Gasteiger partial charge in [0.1, 0.15) is 5.69 Å². The number of pyridine rings is 1. The van der Waals surface area contributed by atoms with Crippen molar-refractivity contribution in [1.82, 2.24) is 4.98 Å². The lowest BCUT2D eigenvalue weighted by Gasteiger charge is -2.12. The number of nitrogens with one attached hydrogen (secondary N) is 2. The molecule has 0 aliphatic heterocycles. The summed E-state index contributed by atoms with van der Waals surface area (Å²) >= 11 is 0. The first-order valence-corrected chi connectivity index (χ1v) is 10.8. The van der Waals surface area contributed by atoms with Gasteiger partial charge < -0.3 is 0 Å². The lowest BCUT2D eigenvalue weighted by Crippen LogP contribution is -2.14. The second-order valence-corrected chi connectivity index (χ2v) is 8.57. The van der Waals surface area contributed by atoms with Gasteiger partial charge >= 0.3 is 0 Å². The monoisotopic (exact) mass is 439 g/mol. The van der Waals surface area contributed by atoms with Gasteiger partial charge in [-0.3, -0.25) is 25.2 Å². The van der Waals surface area contributed by atoms with Crippen molar-refractivity contribution in [3.63, 3.8) is 0 Å². The van der Waals surface area contributed by atoms with Crippen molar-refractivity contribution in [2.75, 3.05) is 10.1 Å². The summed E-state index contributed by atoms with van der Waals surface area (Å²) in [7, 11) is -4.02. The first kappa shape index (κ1) is 21.9. The lowest BCUT2D eigenvalue weighted by atomic mass is 10.1. The molecule has 1 aromatic heterocycles. The Morgan fingerprint density at radius 3 is 2.45 bits per heavy atom. The minimum atomic E-state index is -4.02. The number of rotatable bonds is 7. The second kappa shape index (κ2) is 8.92. The molecule has 3 rings (SSSR count). The number of nitro benzene ring substituents is 1. The van der Waals surface area contributed by atoms with E-state index in [9.17, 15) is 18.5 Å². The number of hydrogen-bond acceptors (Lipinski definition) is 7. The van der Waals surface area contributed by atoms with Gasteiger partial charge in [0.25, 0.3) is 15.7 Å². The zero-order valence-corrected chi connectivity index (χ0v) is 18.0. The normalized spacial score (nSPS) is 11.8. The maximum Gasteiger partial charge on any atom is 0.295 e. The van der Waals surface area contributed by atoms with E-state index in [4.69, 9.17) is 0 Å². The fourth-order valence-electron chi connectivity index (χ4n) is 2.83. The molecule has 2 N–H and O–H groups in total. The van der Waals surface area contributed by atoms with Gasteiger partial charge in [-0.2, -0.15) is 5.10 Å². The Morgan fingerprint density at radius 1 is 1.06 bits per heavy atom. The predicted molar refractivity (Wildman–Crippen MR) is 120 cm³/mol. The predicted octanol–water partition coefficient (Wildman–Crippen LogP) is 4.24. The molecule has 0 aliphatic carbocycles. The van der Waals surface area contributed by atoms with Gasteiger partial charge in [-0.1, -0.05) is 23.8 Å². The van der Waals surface area contributed by atoms with Crippen LogP contribution in [0.3, 0.4) is 0 Å². The van der Waals surface area contributed by atoms with Crippen LogP contribution in [0.4, 0.5) is 17.1 Å². The van der Waals surface area contributed by atoms with E-state index in [1.165, 1.54) is 12.1 Å². The van der Waals surface area contributed by atoms with Gasteiger partial charge in [0.2, 0.25) is 0 Å². The highest BCUT2D eigenvalue weighted by Crippen LogP contribution is 2.29. The summed E-state index contributed by atoms with van der Waals surface area (Å²) in [6, 6.07) is 14.2. The molecule has 0 aliphatic rings. The summed E-state index contributed by atoms with van der Waals surface area (Å²) in [6.45, 7) is 5.38. The molecule has 0 bridgehead atoms. The minimum Gasteiger partial charge on any atom is -0.279 e. The van der Waals surface area contributed by atoms with Crippen LogP contribution < -0.4 is 10.1 Å². The van der Waals surface area contributed by atoms with Crippen LogP contribution >= 0.6 is 0 Å². The van der Waals surface area contributed by atoms with E-state index >= 15 is 0 Å². The molecule has 3 aromatic rings. The van der Waals surface area contributed by atoms with Crippen LogP contribution in [0.2, 0.25) is 0 Å². The molecular formula is C21H21N5O4S. The molecular weight excluding hydrogens is 418 g/mol. The molecule has 31 heavy (non-hydrogen) atoms. The quantitative estimate of drug-likeness (QED) is 0.322. The van der Waals surface area contributed by atoms with Crippen LogP contribution in [0.5, 0.6) is 0 Å². The Morgan fingerprint density at radius 2 is 1.81 bits per heavy atom. The van der Waals surface area contributed by atoms with E-state index in [1.54, 1.807) is 50.4 Å². The van der Waals surface area contributed by atoms with Crippen molar-refractivity contribution in [3.05, 3.63) is 87.7 Å². The summed E-state index contributed by atoms with van der Waals surface area (Å²) in [6.07, 6.45) is 1.61.